The molecule has 3 rings (SSSR count). The van der Waals surface area contributed by atoms with Gasteiger partial charge >= 0.3 is 0 Å². The smallest absolute Gasteiger partial charge is 0.151 e. The number of nitrogens with zero attached hydrogens (tertiary/aromatic N) is 2. The molecule has 1 saturated heterocycles. The normalized spacial score (nSPS) is 25.4. The Hall–Kier alpha value is -1.03. The first-order valence-corrected chi connectivity index (χ1v) is 6.42. The Morgan fingerprint density at radius 1 is 1.50 bits per heavy atom. The van der Waals surface area contributed by atoms with E-state index in [2.05, 4.69) is 27.3 Å². The Bertz CT molecular complexity index is 371. The first kappa shape index (κ1) is 10.1. The monoisotopic (exact) mass is 220 g/mol. The SMILES string of the molecule is CCN1CCCC(c2[nH]nc3c2CCN3)C1. The summed E-state index contributed by atoms with van der Waals surface area (Å²) in [5, 5.41) is 10.9. The minimum atomic E-state index is 0.671. The third-order valence-electron chi connectivity index (χ3n) is 3.93. The summed E-state index contributed by atoms with van der Waals surface area (Å²) in [6, 6.07) is 0. The number of hydrogen-bond donors (Lipinski definition) is 2. The van der Waals surface area contributed by atoms with E-state index < -0.39 is 0 Å². The highest BCUT2D eigenvalue weighted by atomic mass is 15.2. The van der Waals surface area contributed by atoms with Gasteiger partial charge < -0.3 is 10.2 Å². The number of nitrogens with one attached hydrogen (secondary N) is 2. The van der Waals surface area contributed by atoms with Crippen molar-refractivity contribution in [2.75, 3.05) is 31.5 Å². The predicted molar refractivity (Wildman–Crippen MR) is 64.9 cm³/mol. The number of H-pyrrole nitrogens is 1. The molecule has 0 aliphatic carbocycles. The minimum absolute atomic E-state index is 0.671. The van der Waals surface area contributed by atoms with E-state index in [0.29, 0.717) is 5.92 Å². The fraction of sp³-hybridized carbons (Fsp3) is 0.750. The summed E-state index contributed by atoms with van der Waals surface area (Å²) in [5.41, 5.74) is 2.85. The van der Waals surface area contributed by atoms with Gasteiger partial charge in [-0.1, -0.05) is 6.92 Å². The van der Waals surface area contributed by atoms with Crippen molar-refractivity contribution in [3.8, 4) is 0 Å². The van der Waals surface area contributed by atoms with Gasteiger partial charge in [-0.15, -0.1) is 0 Å². The van der Waals surface area contributed by atoms with Gasteiger partial charge in [0.15, 0.2) is 5.82 Å². The van der Waals surface area contributed by atoms with Gasteiger partial charge in [0.25, 0.3) is 0 Å². The standard InChI is InChI=1S/C12H20N4/c1-2-16-7-3-4-9(8-16)11-10-5-6-13-12(10)15-14-11/h9H,2-8H2,1H3,(H2,13,14,15). The van der Waals surface area contributed by atoms with Crippen molar-refractivity contribution in [1.29, 1.82) is 0 Å². The van der Waals surface area contributed by atoms with E-state index in [9.17, 15) is 0 Å². The lowest BCUT2D eigenvalue weighted by Crippen LogP contribution is -2.34. The molecule has 1 atom stereocenters. The van der Waals surface area contributed by atoms with Crippen molar-refractivity contribution in [2.45, 2.75) is 32.1 Å². The number of fused-ring (bicyclic) bond motifs is 1. The van der Waals surface area contributed by atoms with Gasteiger partial charge in [-0.2, -0.15) is 5.10 Å². The molecule has 1 aromatic rings. The Kier molecular flexibility index (Phi) is 2.59. The van der Waals surface area contributed by atoms with Crippen LogP contribution in [0.15, 0.2) is 0 Å². The summed E-state index contributed by atoms with van der Waals surface area (Å²) < 4.78 is 0. The van der Waals surface area contributed by atoms with Gasteiger partial charge in [-0.25, -0.2) is 0 Å². The lowest BCUT2D eigenvalue weighted by atomic mass is 9.92. The van der Waals surface area contributed by atoms with E-state index in [1.54, 1.807) is 0 Å². The molecule has 0 bridgehead atoms. The molecule has 16 heavy (non-hydrogen) atoms. The zero-order valence-corrected chi connectivity index (χ0v) is 9.92. The van der Waals surface area contributed by atoms with Crippen molar-refractivity contribution in [1.82, 2.24) is 15.1 Å². The topological polar surface area (TPSA) is 44.0 Å². The van der Waals surface area contributed by atoms with Crippen LogP contribution in [-0.4, -0.2) is 41.3 Å². The van der Waals surface area contributed by atoms with Crippen LogP contribution in [0.2, 0.25) is 0 Å². The van der Waals surface area contributed by atoms with Crippen LogP contribution < -0.4 is 5.32 Å². The van der Waals surface area contributed by atoms with E-state index in [1.807, 2.05) is 0 Å². The van der Waals surface area contributed by atoms with Crippen LogP contribution in [0.1, 0.15) is 36.9 Å². The molecular formula is C12H20N4. The molecular weight excluding hydrogens is 200 g/mol. The van der Waals surface area contributed by atoms with Gasteiger partial charge in [0, 0.05) is 30.3 Å². The van der Waals surface area contributed by atoms with E-state index in [-0.39, 0.29) is 0 Å². The molecule has 88 valence electrons. The highest BCUT2D eigenvalue weighted by molar-refractivity contribution is 5.52. The predicted octanol–water partition coefficient (Wildman–Crippen LogP) is 1.58. The quantitative estimate of drug-likeness (QED) is 0.795. The van der Waals surface area contributed by atoms with Crippen molar-refractivity contribution in [3.05, 3.63) is 11.3 Å². The van der Waals surface area contributed by atoms with Crippen molar-refractivity contribution < 1.29 is 0 Å². The first-order chi connectivity index (χ1) is 7.88. The second kappa shape index (κ2) is 4.09. The fourth-order valence-electron chi connectivity index (χ4n) is 3.00. The number of rotatable bonds is 2. The summed E-state index contributed by atoms with van der Waals surface area (Å²) in [7, 11) is 0. The van der Waals surface area contributed by atoms with Crippen molar-refractivity contribution in [2.24, 2.45) is 0 Å². The Morgan fingerprint density at radius 2 is 2.44 bits per heavy atom. The number of likely N-dealkylation sites (tertiary alicyclic amines) is 1. The molecule has 0 aromatic carbocycles. The molecule has 3 heterocycles. The molecule has 1 unspecified atom stereocenters. The van der Waals surface area contributed by atoms with Crippen LogP contribution in [0, 0.1) is 0 Å². The van der Waals surface area contributed by atoms with Gasteiger partial charge in [0.05, 0.1) is 0 Å². The van der Waals surface area contributed by atoms with Gasteiger partial charge in [0.2, 0.25) is 0 Å². The Morgan fingerprint density at radius 3 is 3.31 bits per heavy atom. The third-order valence-corrected chi connectivity index (χ3v) is 3.93. The average molecular weight is 220 g/mol. The molecule has 4 heteroatoms. The van der Waals surface area contributed by atoms with Crippen LogP contribution in [0.5, 0.6) is 0 Å². The second-order valence-electron chi connectivity index (χ2n) is 4.87. The zero-order chi connectivity index (χ0) is 11.0. The molecule has 0 saturated carbocycles. The molecule has 0 radical (unpaired) electrons. The lowest BCUT2D eigenvalue weighted by Gasteiger charge is -2.31. The summed E-state index contributed by atoms with van der Waals surface area (Å²) in [6.07, 6.45) is 3.77. The fourth-order valence-corrected chi connectivity index (χ4v) is 3.00. The second-order valence-corrected chi connectivity index (χ2v) is 4.87. The highest BCUT2D eigenvalue weighted by Gasteiger charge is 2.27. The van der Waals surface area contributed by atoms with Crippen LogP contribution in [0.3, 0.4) is 0 Å². The molecule has 2 aliphatic rings. The van der Waals surface area contributed by atoms with E-state index in [1.165, 1.54) is 43.7 Å². The highest BCUT2D eigenvalue weighted by Crippen LogP contribution is 2.32. The minimum Gasteiger partial charge on any atom is -0.368 e. The van der Waals surface area contributed by atoms with Gasteiger partial charge in [0.1, 0.15) is 0 Å². The number of likely N-dealkylation sites (N-methyl/N-ethyl adjacent to an activating group) is 1. The largest absolute Gasteiger partial charge is 0.368 e. The summed E-state index contributed by atoms with van der Waals surface area (Å²) >= 11 is 0. The number of anilines is 1. The summed E-state index contributed by atoms with van der Waals surface area (Å²) in [4.78, 5) is 2.55. The van der Waals surface area contributed by atoms with Crippen molar-refractivity contribution >= 4 is 5.82 Å². The molecule has 0 spiro atoms. The maximum absolute atomic E-state index is 4.37. The number of aromatic nitrogens is 2. The number of aromatic amines is 1. The molecule has 1 fully saturated rings. The Labute approximate surface area is 96.4 Å². The average Bonchev–Trinajstić information content (AvgIpc) is 2.90. The number of piperidine rings is 1. The van der Waals surface area contributed by atoms with Crippen LogP contribution in [0.25, 0.3) is 0 Å². The van der Waals surface area contributed by atoms with Gasteiger partial charge in [-0.3, -0.25) is 5.10 Å². The zero-order valence-electron chi connectivity index (χ0n) is 9.92. The lowest BCUT2D eigenvalue weighted by molar-refractivity contribution is 0.215. The molecule has 4 nitrogen and oxygen atoms in total. The molecule has 2 aliphatic heterocycles. The van der Waals surface area contributed by atoms with Crippen LogP contribution >= 0.6 is 0 Å². The van der Waals surface area contributed by atoms with Crippen molar-refractivity contribution in [3.63, 3.8) is 0 Å². The van der Waals surface area contributed by atoms with E-state index in [4.69, 9.17) is 0 Å². The maximum Gasteiger partial charge on any atom is 0.151 e. The van der Waals surface area contributed by atoms with Gasteiger partial charge in [-0.05, 0) is 32.4 Å². The van der Waals surface area contributed by atoms with E-state index in [0.717, 1.165) is 18.8 Å². The summed E-state index contributed by atoms with van der Waals surface area (Å²) in [5.74, 6) is 1.77. The molecule has 1 aromatic heterocycles. The Balaban J connectivity index is 1.81. The maximum atomic E-state index is 4.37. The number of hydrogen-bond acceptors (Lipinski definition) is 3. The third kappa shape index (κ3) is 1.61. The first-order valence-electron chi connectivity index (χ1n) is 6.42. The van der Waals surface area contributed by atoms with Crippen LogP contribution in [-0.2, 0) is 6.42 Å². The summed E-state index contributed by atoms with van der Waals surface area (Å²) in [6.45, 7) is 6.95. The van der Waals surface area contributed by atoms with Crippen LogP contribution in [0.4, 0.5) is 5.82 Å². The van der Waals surface area contributed by atoms with E-state index >= 15 is 0 Å². The molecule has 2 N–H and O–H groups in total. The molecule has 0 amide bonds.